The minimum Gasteiger partial charge on any atom is -0.462 e. The van der Waals surface area contributed by atoms with Gasteiger partial charge in [-0.2, -0.15) is 9.42 Å². The first kappa shape index (κ1) is 35.3. The Morgan fingerprint density at radius 2 is 1.86 bits per heavy atom. The van der Waals surface area contributed by atoms with E-state index in [4.69, 9.17) is 23.3 Å². The molecule has 49 heavy (non-hydrogen) atoms. The normalized spacial score (nSPS) is 33.0. The molecule has 0 saturated carbocycles. The molecule has 2 unspecified atom stereocenters. The van der Waals surface area contributed by atoms with Crippen molar-refractivity contribution >= 4 is 25.9 Å². The van der Waals surface area contributed by atoms with Crippen molar-refractivity contribution in [2.75, 3.05) is 0 Å². The van der Waals surface area contributed by atoms with E-state index >= 15 is 0 Å². The summed E-state index contributed by atoms with van der Waals surface area (Å²) in [4.78, 5) is 46.1. The zero-order valence-electron chi connectivity index (χ0n) is 28.8. The lowest BCUT2D eigenvalue weighted by molar-refractivity contribution is -0.166. The highest BCUT2D eigenvalue weighted by molar-refractivity contribution is 7.59. The van der Waals surface area contributed by atoms with Crippen LogP contribution in [0.5, 0.6) is 0 Å². The predicted molar refractivity (Wildman–Crippen MR) is 183 cm³/mol. The molecule has 1 saturated heterocycles. The fraction of sp³-hybridized carbons (Fsp3) is 0.541. The lowest BCUT2D eigenvalue weighted by Crippen LogP contribution is -2.43. The Kier molecular flexibility index (Phi) is 10.7. The van der Waals surface area contributed by atoms with Gasteiger partial charge in [-0.3, -0.25) is 19.6 Å². The van der Waals surface area contributed by atoms with Crippen molar-refractivity contribution < 1.29 is 37.7 Å². The summed E-state index contributed by atoms with van der Waals surface area (Å²) in [5.74, 6) is 0.354. The molecule has 2 aromatic rings. The molecule has 0 spiro atoms. The van der Waals surface area contributed by atoms with Gasteiger partial charge < -0.3 is 14.2 Å². The molecular formula is C37H47N3O8P+. The van der Waals surface area contributed by atoms with E-state index in [9.17, 15) is 14.5 Å². The van der Waals surface area contributed by atoms with E-state index in [0.717, 1.165) is 12.8 Å². The van der Waals surface area contributed by atoms with Crippen LogP contribution in [0.1, 0.15) is 90.6 Å². The molecule has 4 heterocycles. The summed E-state index contributed by atoms with van der Waals surface area (Å²) >= 11 is 0. The van der Waals surface area contributed by atoms with Crippen LogP contribution in [0, 0.1) is 29.1 Å². The maximum atomic E-state index is 13.2. The Balaban J connectivity index is 1.17. The molecule has 11 nitrogen and oxygen atoms in total. The van der Waals surface area contributed by atoms with Crippen LogP contribution in [0.2, 0.25) is 0 Å². The number of hydrogen-bond acceptors (Lipinski definition) is 11. The number of aromatic nitrogens is 2. The number of esters is 2. The Morgan fingerprint density at radius 3 is 2.57 bits per heavy atom. The van der Waals surface area contributed by atoms with Crippen LogP contribution in [0.4, 0.5) is 0 Å². The van der Waals surface area contributed by atoms with Gasteiger partial charge in [0.1, 0.15) is 18.3 Å². The van der Waals surface area contributed by atoms with E-state index in [1.807, 2.05) is 20.8 Å². The Morgan fingerprint density at radius 1 is 1.08 bits per heavy atom. The molecule has 4 aliphatic rings. The first-order valence-electron chi connectivity index (χ1n) is 17.3. The number of carbonyl (C=O) groups is 2. The summed E-state index contributed by atoms with van der Waals surface area (Å²) in [6.07, 6.45) is 13.9. The number of ether oxygens (including phenoxy) is 3. The molecule has 12 heteroatoms. The molecule has 6 rings (SSSR count). The van der Waals surface area contributed by atoms with Gasteiger partial charge in [0.25, 0.3) is 12.2 Å². The molecule has 2 aromatic heterocycles. The SMILES string of the molecule is CCC(C)(C)C(=O)O[C@H]1C[C@@H](C)C=C2C=C[C@H](C)[C@H](CC[C@H]3C[C@@H](O[P+]4(O)N=C(c5cccnc5)OC(c5cccnc5)O4)CC(=O)O3)[C@H]21. The van der Waals surface area contributed by atoms with Gasteiger partial charge in [-0.25, -0.2) is 0 Å². The molecular weight excluding hydrogens is 645 g/mol. The minimum absolute atomic E-state index is 0.0421. The first-order valence-corrected chi connectivity index (χ1v) is 18.8. The molecule has 0 radical (unpaired) electrons. The summed E-state index contributed by atoms with van der Waals surface area (Å²) in [5.41, 5.74) is 1.78. The van der Waals surface area contributed by atoms with Crippen LogP contribution < -0.4 is 0 Å². The highest BCUT2D eigenvalue weighted by Crippen LogP contribution is 2.65. The minimum atomic E-state index is -3.91. The average Bonchev–Trinajstić information content (AvgIpc) is 3.08. The molecule has 0 amide bonds. The standard InChI is InChI=1S/C37H47N3O8P/c1-6-37(4,5)36(42)45-31-18-23(2)17-25-12-11-24(3)30(33(25)31)14-13-28-19-29(20-32(41)44-28)47-49(43)40-34(26-9-7-15-38-21-26)46-35(48-49)27-10-8-16-39-22-27/h7-12,15-17,21-24,28-31,33,35,43H,6,13-14,18-20H2,1-5H3/q+1/t23-,24-,28-,29+,30-,31-,33-,35?,49?/m0/s1. The average molecular weight is 693 g/mol. The van der Waals surface area contributed by atoms with Crippen molar-refractivity contribution in [2.24, 2.45) is 33.8 Å². The van der Waals surface area contributed by atoms with Crippen molar-refractivity contribution in [1.82, 2.24) is 9.97 Å². The third-order valence-electron chi connectivity index (χ3n) is 10.2. The van der Waals surface area contributed by atoms with Crippen LogP contribution in [-0.2, 0) is 32.8 Å². The zero-order valence-corrected chi connectivity index (χ0v) is 29.7. The molecule has 2 aliphatic carbocycles. The molecule has 1 N–H and O–H groups in total. The summed E-state index contributed by atoms with van der Waals surface area (Å²) in [6, 6.07) is 7.02. The summed E-state index contributed by atoms with van der Waals surface area (Å²) in [7, 11) is -3.91. The lowest BCUT2D eigenvalue weighted by atomic mass is 9.65. The van der Waals surface area contributed by atoms with Gasteiger partial charge in [0.15, 0.2) is 0 Å². The van der Waals surface area contributed by atoms with E-state index in [0.29, 0.717) is 36.3 Å². The second-order valence-electron chi connectivity index (χ2n) is 14.3. The van der Waals surface area contributed by atoms with Crippen molar-refractivity contribution in [3.63, 3.8) is 0 Å². The Hall–Kier alpha value is -3.50. The van der Waals surface area contributed by atoms with Crippen molar-refractivity contribution in [3.05, 3.63) is 84.0 Å². The van der Waals surface area contributed by atoms with E-state index in [-0.39, 0.29) is 42.1 Å². The van der Waals surface area contributed by atoms with E-state index in [2.05, 4.69) is 46.8 Å². The molecule has 2 aliphatic heterocycles. The second-order valence-corrected chi connectivity index (χ2v) is 15.9. The maximum Gasteiger partial charge on any atom is 0.559 e. The van der Waals surface area contributed by atoms with Crippen LogP contribution in [0.3, 0.4) is 0 Å². The molecule has 9 atom stereocenters. The van der Waals surface area contributed by atoms with E-state index in [1.54, 1.807) is 49.1 Å². The van der Waals surface area contributed by atoms with Crippen molar-refractivity contribution in [2.45, 2.75) is 97.7 Å². The predicted octanol–water partition coefficient (Wildman–Crippen LogP) is 7.26. The molecule has 0 aromatic carbocycles. The quantitative estimate of drug-likeness (QED) is 0.200. The molecule has 262 valence electrons. The number of fused-ring (bicyclic) bond motifs is 1. The number of carbonyl (C=O) groups excluding carboxylic acids is 2. The fourth-order valence-corrected chi connectivity index (χ4v) is 8.55. The third-order valence-corrected chi connectivity index (χ3v) is 11.6. The molecule has 1 fully saturated rings. The number of hydrogen-bond donors (Lipinski definition) is 1. The fourth-order valence-electron chi connectivity index (χ4n) is 7.05. The number of allylic oxidation sites excluding steroid dienone is 3. The highest BCUT2D eigenvalue weighted by atomic mass is 31.2. The summed E-state index contributed by atoms with van der Waals surface area (Å²) in [6.45, 7) is 10.2. The Bertz CT molecular complexity index is 1580. The van der Waals surface area contributed by atoms with Gasteiger partial charge >= 0.3 is 20.0 Å². The van der Waals surface area contributed by atoms with Gasteiger partial charge in [0.05, 0.1) is 17.4 Å². The number of pyridine rings is 2. The Labute approximate surface area is 288 Å². The number of cyclic esters (lactones) is 1. The maximum absolute atomic E-state index is 13.2. The lowest BCUT2D eigenvalue weighted by Gasteiger charge is -2.44. The molecule has 0 bridgehead atoms. The summed E-state index contributed by atoms with van der Waals surface area (Å²) in [5, 5.41) is 0. The van der Waals surface area contributed by atoms with E-state index < -0.39 is 38.0 Å². The second kappa shape index (κ2) is 14.8. The summed E-state index contributed by atoms with van der Waals surface area (Å²) < 4.78 is 34.7. The van der Waals surface area contributed by atoms with Gasteiger partial charge in [-0.15, -0.1) is 4.52 Å². The van der Waals surface area contributed by atoms with Gasteiger partial charge in [0.2, 0.25) is 0 Å². The number of rotatable bonds is 10. The van der Waals surface area contributed by atoms with Crippen LogP contribution in [0.25, 0.3) is 0 Å². The topological polar surface area (TPSA) is 139 Å². The van der Waals surface area contributed by atoms with Crippen molar-refractivity contribution in [1.29, 1.82) is 0 Å². The zero-order chi connectivity index (χ0) is 34.8. The highest BCUT2D eigenvalue weighted by Gasteiger charge is 2.55. The van der Waals surface area contributed by atoms with Gasteiger partial charge in [0, 0.05) is 47.5 Å². The smallest absolute Gasteiger partial charge is 0.462 e. The van der Waals surface area contributed by atoms with E-state index in [1.165, 1.54) is 5.57 Å². The van der Waals surface area contributed by atoms with Crippen LogP contribution in [-0.4, -0.2) is 51.0 Å². The third kappa shape index (κ3) is 8.28. The monoisotopic (exact) mass is 692 g/mol. The van der Waals surface area contributed by atoms with Gasteiger partial charge in [-0.05, 0) is 87.1 Å². The van der Waals surface area contributed by atoms with Crippen LogP contribution in [0.15, 0.2) is 77.6 Å². The van der Waals surface area contributed by atoms with Gasteiger partial charge in [-0.1, -0.05) is 39.0 Å². The first-order chi connectivity index (χ1) is 23.4. The largest absolute Gasteiger partial charge is 0.559 e. The van der Waals surface area contributed by atoms with Crippen molar-refractivity contribution in [3.8, 4) is 0 Å². The van der Waals surface area contributed by atoms with Crippen LogP contribution >= 0.6 is 8.09 Å². The number of nitrogens with zero attached hydrogens (tertiary/aromatic N) is 3.